The molecule has 0 aliphatic rings. The van der Waals surface area contributed by atoms with Crippen molar-refractivity contribution in [1.29, 1.82) is 0 Å². The van der Waals surface area contributed by atoms with Crippen LogP contribution in [0.2, 0.25) is 0 Å². The summed E-state index contributed by atoms with van der Waals surface area (Å²) in [7, 11) is 0. The maximum atomic E-state index is 13.1. The lowest BCUT2D eigenvalue weighted by atomic mass is 10.0. The zero-order valence-electron chi connectivity index (χ0n) is 17.2. The number of carbonyl (C=O) groups excluding carboxylic acids is 1. The van der Waals surface area contributed by atoms with Gasteiger partial charge in [0.2, 0.25) is 11.9 Å². The van der Waals surface area contributed by atoms with Gasteiger partial charge in [-0.05, 0) is 23.8 Å². The molecule has 0 bridgehead atoms. The summed E-state index contributed by atoms with van der Waals surface area (Å²) in [5.41, 5.74) is 0.143. The number of nitrogens with zero attached hydrogens (tertiary/aromatic N) is 3. The fraction of sp³-hybridized carbons (Fsp3) is 0.174. The monoisotopic (exact) mass is 430 g/mol. The van der Waals surface area contributed by atoms with Gasteiger partial charge in [0.1, 0.15) is 6.04 Å². The number of H-pyrrole nitrogens is 1. The molecule has 0 radical (unpaired) electrons. The van der Waals surface area contributed by atoms with E-state index in [1.165, 1.54) is 0 Å². The van der Waals surface area contributed by atoms with Crippen LogP contribution in [0.3, 0.4) is 0 Å². The molecule has 2 aromatic heterocycles. The highest BCUT2D eigenvalue weighted by Gasteiger charge is 2.25. The number of anilines is 1. The summed E-state index contributed by atoms with van der Waals surface area (Å²) in [5, 5.41) is 6.15. The van der Waals surface area contributed by atoms with Gasteiger partial charge in [0.05, 0.1) is 10.9 Å². The number of rotatable bonds is 8. The number of para-hydroxylation sites is 1. The van der Waals surface area contributed by atoms with Gasteiger partial charge in [-0.2, -0.15) is 0 Å². The van der Waals surface area contributed by atoms with Crippen molar-refractivity contribution in [3.05, 3.63) is 99.5 Å². The second-order valence-corrected chi connectivity index (χ2v) is 7.15. The van der Waals surface area contributed by atoms with Crippen LogP contribution in [0.15, 0.2) is 82.6 Å². The van der Waals surface area contributed by atoms with E-state index in [-0.39, 0.29) is 13.0 Å². The van der Waals surface area contributed by atoms with E-state index in [2.05, 4.69) is 25.6 Å². The lowest BCUT2D eigenvalue weighted by Gasteiger charge is -2.19. The van der Waals surface area contributed by atoms with Crippen molar-refractivity contribution in [1.82, 2.24) is 24.8 Å². The first-order chi connectivity index (χ1) is 15.6. The molecule has 1 amide bonds. The van der Waals surface area contributed by atoms with Crippen LogP contribution in [0.1, 0.15) is 11.6 Å². The first kappa shape index (κ1) is 21.0. The molecule has 0 unspecified atom stereocenters. The fourth-order valence-electron chi connectivity index (χ4n) is 3.47. The Balaban J connectivity index is 1.59. The Kier molecular flexibility index (Phi) is 6.35. The Labute approximate surface area is 183 Å². The quantitative estimate of drug-likeness (QED) is 0.364. The van der Waals surface area contributed by atoms with Crippen LogP contribution in [0, 0.1) is 0 Å². The second-order valence-electron chi connectivity index (χ2n) is 7.15. The van der Waals surface area contributed by atoms with Crippen LogP contribution in [-0.2, 0) is 11.2 Å². The van der Waals surface area contributed by atoms with Crippen LogP contribution in [0.4, 0.5) is 5.95 Å². The summed E-state index contributed by atoms with van der Waals surface area (Å²) in [6, 6.07) is 16.7. The number of hydrogen-bond acceptors (Lipinski definition) is 6. The van der Waals surface area contributed by atoms with Crippen molar-refractivity contribution in [3.63, 3.8) is 0 Å². The summed E-state index contributed by atoms with van der Waals surface area (Å²) < 4.78 is 0.998. The Morgan fingerprint density at radius 2 is 1.66 bits per heavy atom. The maximum Gasteiger partial charge on any atom is 0.329 e. The average molecular weight is 430 g/mol. The molecule has 3 N–H and O–H groups in total. The average Bonchev–Trinajstić information content (AvgIpc) is 2.82. The molecule has 0 saturated heterocycles. The highest BCUT2D eigenvalue weighted by atomic mass is 16.2. The number of fused-ring (bicyclic) bond motifs is 1. The molecule has 0 aliphatic heterocycles. The normalized spacial score (nSPS) is 11.8. The first-order valence-corrected chi connectivity index (χ1v) is 10.2. The third kappa shape index (κ3) is 4.72. The maximum absolute atomic E-state index is 13.1. The van der Waals surface area contributed by atoms with E-state index in [4.69, 9.17) is 0 Å². The summed E-state index contributed by atoms with van der Waals surface area (Å²) in [6.07, 6.45) is 3.42. The molecule has 0 saturated carbocycles. The van der Waals surface area contributed by atoms with Gasteiger partial charge < -0.3 is 15.6 Å². The van der Waals surface area contributed by atoms with Crippen molar-refractivity contribution in [3.8, 4) is 0 Å². The molecule has 1 atom stereocenters. The topological polar surface area (TPSA) is 122 Å². The van der Waals surface area contributed by atoms with Gasteiger partial charge in [-0.1, -0.05) is 42.5 Å². The van der Waals surface area contributed by atoms with Gasteiger partial charge in [0.15, 0.2) is 0 Å². The number of amides is 1. The molecule has 0 fully saturated rings. The Hall–Kier alpha value is -4.27. The molecule has 162 valence electrons. The smallest absolute Gasteiger partial charge is 0.329 e. The summed E-state index contributed by atoms with van der Waals surface area (Å²) >= 11 is 0. The zero-order valence-corrected chi connectivity index (χ0v) is 17.2. The van der Waals surface area contributed by atoms with E-state index in [9.17, 15) is 14.4 Å². The largest absolute Gasteiger partial charge is 0.353 e. The molecular weight excluding hydrogens is 408 g/mol. The molecule has 0 aliphatic carbocycles. The molecule has 9 heteroatoms. The number of nitrogens with one attached hydrogen (secondary N) is 3. The summed E-state index contributed by atoms with van der Waals surface area (Å²) in [5.74, 6) is 0.0253. The lowest BCUT2D eigenvalue weighted by molar-refractivity contribution is -0.124. The Bertz CT molecular complexity index is 1320. The number of aromatic nitrogens is 4. The van der Waals surface area contributed by atoms with Crippen LogP contribution in [-0.4, -0.2) is 38.5 Å². The lowest BCUT2D eigenvalue weighted by Crippen LogP contribution is -2.46. The Morgan fingerprint density at radius 1 is 0.938 bits per heavy atom. The van der Waals surface area contributed by atoms with Crippen LogP contribution < -0.4 is 21.9 Å². The molecule has 9 nitrogen and oxygen atoms in total. The highest BCUT2D eigenvalue weighted by Crippen LogP contribution is 2.13. The standard InChI is InChI=1S/C23H22N6O3/c30-20(24-13-14-27-22-25-11-6-12-26-22)19(15-16-7-2-1-3-8-16)29-21(31)17-9-4-5-10-18(17)28-23(29)32/h1-12,19H,13-15H2,(H,24,30)(H,28,32)(H,25,26,27)/t19-/m0/s1. The molecular formula is C23H22N6O3. The van der Waals surface area contributed by atoms with Gasteiger partial charge >= 0.3 is 5.69 Å². The molecule has 2 aromatic carbocycles. The Morgan fingerprint density at radius 3 is 2.44 bits per heavy atom. The highest BCUT2D eigenvalue weighted by molar-refractivity contribution is 5.82. The van der Waals surface area contributed by atoms with Crippen LogP contribution >= 0.6 is 0 Å². The molecule has 4 aromatic rings. The third-order valence-electron chi connectivity index (χ3n) is 5.00. The van der Waals surface area contributed by atoms with Crippen LogP contribution in [0.5, 0.6) is 0 Å². The van der Waals surface area contributed by atoms with Crippen molar-refractivity contribution in [2.24, 2.45) is 0 Å². The van der Waals surface area contributed by atoms with Gasteiger partial charge in [0.25, 0.3) is 5.56 Å². The minimum absolute atomic E-state index is 0.198. The predicted molar refractivity (Wildman–Crippen MR) is 122 cm³/mol. The van der Waals surface area contributed by atoms with Gasteiger partial charge in [-0.25, -0.2) is 19.3 Å². The molecule has 0 spiro atoms. The number of carbonyl (C=O) groups is 1. The number of hydrogen-bond donors (Lipinski definition) is 3. The van der Waals surface area contributed by atoms with Gasteiger partial charge in [0, 0.05) is 31.9 Å². The second kappa shape index (κ2) is 9.69. The third-order valence-corrected chi connectivity index (χ3v) is 5.00. The van der Waals surface area contributed by atoms with Gasteiger partial charge in [-0.3, -0.25) is 9.59 Å². The first-order valence-electron chi connectivity index (χ1n) is 10.2. The van der Waals surface area contributed by atoms with Crippen molar-refractivity contribution >= 4 is 22.8 Å². The molecule has 4 rings (SSSR count). The summed E-state index contributed by atoms with van der Waals surface area (Å²) in [6.45, 7) is 0.652. The van der Waals surface area contributed by atoms with E-state index < -0.39 is 23.2 Å². The van der Waals surface area contributed by atoms with E-state index in [0.29, 0.717) is 23.4 Å². The van der Waals surface area contributed by atoms with Gasteiger partial charge in [-0.15, -0.1) is 0 Å². The van der Waals surface area contributed by atoms with E-state index in [1.807, 2.05) is 30.3 Å². The molecule has 2 heterocycles. The minimum atomic E-state index is -1.01. The number of benzene rings is 2. The molecule has 32 heavy (non-hydrogen) atoms. The van der Waals surface area contributed by atoms with Crippen molar-refractivity contribution in [2.45, 2.75) is 12.5 Å². The SMILES string of the molecule is O=C(NCCNc1ncccn1)[C@H](Cc1ccccc1)n1c(=O)[nH]c2ccccc2c1=O. The zero-order chi connectivity index (χ0) is 22.3. The van der Waals surface area contributed by atoms with E-state index in [0.717, 1.165) is 10.1 Å². The van der Waals surface area contributed by atoms with E-state index >= 15 is 0 Å². The van der Waals surface area contributed by atoms with Crippen molar-refractivity contribution < 1.29 is 4.79 Å². The number of aromatic amines is 1. The minimum Gasteiger partial charge on any atom is -0.353 e. The van der Waals surface area contributed by atoms with Crippen LogP contribution in [0.25, 0.3) is 10.9 Å². The summed E-state index contributed by atoms with van der Waals surface area (Å²) in [4.78, 5) is 49.9. The van der Waals surface area contributed by atoms with E-state index in [1.54, 1.807) is 42.7 Å². The predicted octanol–water partition coefficient (Wildman–Crippen LogP) is 1.49. The fourth-order valence-corrected chi connectivity index (χ4v) is 3.47. The van der Waals surface area contributed by atoms with Crippen molar-refractivity contribution in [2.75, 3.05) is 18.4 Å².